The topological polar surface area (TPSA) is 26.0 Å². The van der Waals surface area contributed by atoms with Gasteiger partial charge in [0.15, 0.2) is 5.58 Å². The molecule has 0 atom stereocenters. The first-order valence-electron chi connectivity index (χ1n) is 6.30. The third-order valence-electron chi connectivity index (χ3n) is 3.13. The van der Waals surface area contributed by atoms with Crippen LogP contribution in [0.15, 0.2) is 46.9 Å². The van der Waals surface area contributed by atoms with Gasteiger partial charge in [-0.05, 0) is 30.3 Å². The fraction of sp³-hybridized carbons (Fsp3) is 0.133. The molecule has 0 aliphatic rings. The quantitative estimate of drug-likeness (QED) is 0.548. The normalized spacial score (nSPS) is 12.8. The number of alkyl halides is 6. The molecule has 0 radical (unpaired) electrons. The summed E-state index contributed by atoms with van der Waals surface area (Å²) < 4.78 is 82.3. The fourth-order valence-corrected chi connectivity index (χ4v) is 2.07. The largest absolute Gasteiger partial charge is 0.436 e. The van der Waals surface area contributed by atoms with Crippen LogP contribution in [0.1, 0.15) is 11.1 Å². The molecule has 0 N–H and O–H groups in total. The molecule has 0 bridgehead atoms. The maximum Gasteiger partial charge on any atom is 0.416 e. The molecule has 1 aromatic heterocycles. The zero-order valence-electron chi connectivity index (χ0n) is 11.2. The lowest BCUT2D eigenvalue weighted by molar-refractivity contribution is -0.143. The van der Waals surface area contributed by atoms with Crippen LogP contribution < -0.4 is 0 Å². The first-order chi connectivity index (χ1) is 10.6. The van der Waals surface area contributed by atoms with Gasteiger partial charge in [0.25, 0.3) is 0 Å². The summed E-state index contributed by atoms with van der Waals surface area (Å²) in [4.78, 5) is 3.93. The number of hydrogen-bond donors (Lipinski definition) is 0. The van der Waals surface area contributed by atoms with Gasteiger partial charge < -0.3 is 4.42 Å². The number of para-hydroxylation sites is 2. The molecule has 0 saturated heterocycles. The number of hydrogen-bond acceptors (Lipinski definition) is 2. The van der Waals surface area contributed by atoms with Crippen molar-refractivity contribution in [3.05, 3.63) is 53.6 Å². The molecular weight excluding hydrogens is 324 g/mol. The average Bonchev–Trinajstić information content (AvgIpc) is 2.89. The predicted octanol–water partition coefficient (Wildman–Crippen LogP) is 5.53. The molecular formula is C15H7F6NO. The fourth-order valence-electron chi connectivity index (χ4n) is 2.07. The maximum absolute atomic E-state index is 12.8. The van der Waals surface area contributed by atoms with Crippen molar-refractivity contribution in [3.8, 4) is 11.5 Å². The molecule has 2 nitrogen and oxygen atoms in total. The summed E-state index contributed by atoms with van der Waals surface area (Å²) in [5, 5.41) is 0. The van der Waals surface area contributed by atoms with E-state index in [1.807, 2.05) is 0 Å². The third kappa shape index (κ3) is 3.01. The Morgan fingerprint density at radius 1 is 0.783 bits per heavy atom. The highest BCUT2D eigenvalue weighted by atomic mass is 19.4. The van der Waals surface area contributed by atoms with E-state index in [1.54, 1.807) is 18.2 Å². The lowest BCUT2D eigenvalue weighted by Crippen LogP contribution is -2.11. The van der Waals surface area contributed by atoms with Crippen LogP contribution in [0.25, 0.3) is 22.6 Å². The Hall–Kier alpha value is -2.51. The van der Waals surface area contributed by atoms with E-state index >= 15 is 0 Å². The van der Waals surface area contributed by atoms with Gasteiger partial charge in [0.05, 0.1) is 11.1 Å². The van der Waals surface area contributed by atoms with Crippen LogP contribution in [0, 0.1) is 0 Å². The first kappa shape index (κ1) is 15.4. The number of benzene rings is 2. The van der Waals surface area contributed by atoms with Crippen LogP contribution in [0.3, 0.4) is 0 Å². The van der Waals surface area contributed by atoms with Crippen molar-refractivity contribution < 1.29 is 30.8 Å². The second kappa shape index (κ2) is 5.00. The highest BCUT2D eigenvalue weighted by Crippen LogP contribution is 2.38. The van der Waals surface area contributed by atoms with Crippen LogP contribution in [0.4, 0.5) is 26.3 Å². The summed E-state index contributed by atoms with van der Waals surface area (Å²) in [6.07, 6.45) is -9.83. The summed E-state index contributed by atoms with van der Waals surface area (Å²) in [5.74, 6) is -0.303. The molecule has 3 rings (SSSR count). The lowest BCUT2D eigenvalue weighted by Gasteiger charge is -2.12. The predicted molar refractivity (Wildman–Crippen MR) is 69.4 cm³/mol. The SMILES string of the molecule is FC(F)(F)c1cc(-c2nc3ccccc3o2)cc(C(F)(F)F)c1. The standard InChI is InChI=1S/C15H7F6NO/c16-14(17,18)9-5-8(6-10(7-9)15(19,20)21)13-22-11-3-1-2-4-12(11)23-13/h1-7H. The summed E-state index contributed by atoms with van der Waals surface area (Å²) in [6, 6.07) is 7.53. The van der Waals surface area contributed by atoms with Gasteiger partial charge in [0.1, 0.15) is 5.52 Å². The summed E-state index contributed by atoms with van der Waals surface area (Å²) >= 11 is 0. The minimum absolute atomic E-state index is 0.0617. The van der Waals surface area contributed by atoms with E-state index in [4.69, 9.17) is 4.42 Å². The minimum Gasteiger partial charge on any atom is -0.436 e. The van der Waals surface area contributed by atoms with Crippen LogP contribution in [0.2, 0.25) is 0 Å². The monoisotopic (exact) mass is 331 g/mol. The van der Waals surface area contributed by atoms with Crippen LogP contribution in [-0.2, 0) is 12.4 Å². The van der Waals surface area contributed by atoms with Gasteiger partial charge in [-0.2, -0.15) is 26.3 Å². The second-order valence-corrected chi connectivity index (χ2v) is 4.78. The summed E-state index contributed by atoms with van der Waals surface area (Å²) in [6.45, 7) is 0. The van der Waals surface area contributed by atoms with E-state index in [2.05, 4.69) is 4.98 Å². The van der Waals surface area contributed by atoms with Gasteiger partial charge in [-0.3, -0.25) is 0 Å². The molecule has 3 aromatic rings. The second-order valence-electron chi connectivity index (χ2n) is 4.78. The van der Waals surface area contributed by atoms with Crippen molar-refractivity contribution in [2.45, 2.75) is 12.4 Å². The minimum atomic E-state index is -4.91. The molecule has 0 aliphatic heterocycles. The Balaban J connectivity index is 2.21. The van der Waals surface area contributed by atoms with Crippen molar-refractivity contribution in [2.24, 2.45) is 0 Å². The zero-order chi connectivity index (χ0) is 16.8. The molecule has 8 heteroatoms. The zero-order valence-corrected chi connectivity index (χ0v) is 11.2. The number of fused-ring (bicyclic) bond motifs is 1. The van der Waals surface area contributed by atoms with Crippen molar-refractivity contribution in [1.82, 2.24) is 4.98 Å². The van der Waals surface area contributed by atoms with E-state index in [1.165, 1.54) is 6.07 Å². The van der Waals surface area contributed by atoms with E-state index < -0.39 is 23.5 Å². The first-order valence-corrected chi connectivity index (χ1v) is 6.30. The highest BCUT2D eigenvalue weighted by molar-refractivity contribution is 5.76. The van der Waals surface area contributed by atoms with Gasteiger partial charge >= 0.3 is 12.4 Å². The lowest BCUT2D eigenvalue weighted by atomic mass is 10.0. The van der Waals surface area contributed by atoms with Crippen molar-refractivity contribution in [2.75, 3.05) is 0 Å². The van der Waals surface area contributed by atoms with Crippen LogP contribution in [-0.4, -0.2) is 4.98 Å². The molecule has 0 fully saturated rings. The Morgan fingerprint density at radius 2 is 1.35 bits per heavy atom. The summed E-state index contributed by atoms with van der Waals surface area (Å²) in [5.41, 5.74) is -2.60. The Bertz CT molecular complexity index is 797. The molecule has 0 unspecified atom stereocenters. The van der Waals surface area contributed by atoms with Gasteiger partial charge in [-0.15, -0.1) is 0 Å². The average molecular weight is 331 g/mol. The molecule has 23 heavy (non-hydrogen) atoms. The van der Waals surface area contributed by atoms with Gasteiger partial charge in [0.2, 0.25) is 5.89 Å². The summed E-state index contributed by atoms with van der Waals surface area (Å²) in [7, 11) is 0. The number of rotatable bonds is 1. The van der Waals surface area contributed by atoms with Gasteiger partial charge in [-0.25, -0.2) is 4.98 Å². The van der Waals surface area contributed by atoms with Crippen LogP contribution >= 0.6 is 0 Å². The van der Waals surface area contributed by atoms with E-state index in [9.17, 15) is 26.3 Å². The van der Waals surface area contributed by atoms with Gasteiger partial charge in [0, 0.05) is 5.56 Å². The Kier molecular flexibility index (Phi) is 3.35. The molecule has 0 aliphatic carbocycles. The number of aromatic nitrogens is 1. The highest BCUT2D eigenvalue weighted by Gasteiger charge is 2.37. The third-order valence-corrected chi connectivity index (χ3v) is 3.13. The molecule has 0 amide bonds. The Morgan fingerprint density at radius 3 is 1.87 bits per heavy atom. The maximum atomic E-state index is 12.8. The molecule has 1 heterocycles. The van der Waals surface area contributed by atoms with E-state index in [0.29, 0.717) is 17.6 Å². The molecule has 0 saturated carbocycles. The molecule has 120 valence electrons. The van der Waals surface area contributed by atoms with Gasteiger partial charge in [-0.1, -0.05) is 12.1 Å². The van der Waals surface area contributed by atoms with E-state index in [-0.39, 0.29) is 23.1 Å². The smallest absolute Gasteiger partial charge is 0.416 e. The number of oxazole rings is 1. The van der Waals surface area contributed by atoms with E-state index in [0.717, 1.165) is 0 Å². The number of nitrogens with zero attached hydrogens (tertiary/aromatic N) is 1. The molecule has 0 spiro atoms. The molecule has 2 aromatic carbocycles. The van der Waals surface area contributed by atoms with Crippen molar-refractivity contribution in [3.63, 3.8) is 0 Å². The van der Waals surface area contributed by atoms with Crippen LogP contribution in [0.5, 0.6) is 0 Å². The Labute approximate surface area is 125 Å². The number of halogens is 6. The van der Waals surface area contributed by atoms with Crippen molar-refractivity contribution in [1.29, 1.82) is 0 Å². The van der Waals surface area contributed by atoms with Crippen molar-refractivity contribution >= 4 is 11.1 Å².